The third-order valence-corrected chi connectivity index (χ3v) is 6.44. The summed E-state index contributed by atoms with van der Waals surface area (Å²) in [7, 11) is -3.66. The first-order chi connectivity index (χ1) is 12.0. The minimum atomic E-state index is -3.66. The van der Waals surface area contributed by atoms with Crippen LogP contribution in [-0.4, -0.2) is 18.2 Å². The maximum atomic E-state index is 12.8. The van der Waals surface area contributed by atoms with Gasteiger partial charge in [-0.3, -0.25) is 4.72 Å². The first-order valence-corrected chi connectivity index (χ1v) is 10.5. The van der Waals surface area contributed by atoms with Crippen molar-refractivity contribution in [3.63, 3.8) is 0 Å². The van der Waals surface area contributed by atoms with Crippen LogP contribution in [0.4, 0.5) is 5.82 Å². The molecule has 2 aromatic carbocycles. The van der Waals surface area contributed by atoms with Crippen LogP contribution >= 0.6 is 11.8 Å². The minimum absolute atomic E-state index is 0.242. The van der Waals surface area contributed by atoms with Crippen LogP contribution in [-0.2, 0) is 21.5 Å². The molecule has 0 aliphatic carbocycles. The van der Waals surface area contributed by atoms with E-state index in [2.05, 4.69) is 9.82 Å². The molecule has 3 aromatic rings. The molecule has 25 heavy (non-hydrogen) atoms. The first kappa shape index (κ1) is 16.2. The normalized spacial score (nSPS) is 13.6. The van der Waals surface area contributed by atoms with E-state index < -0.39 is 10.0 Å². The molecule has 0 unspecified atom stereocenters. The number of benzene rings is 2. The third-order valence-electron chi connectivity index (χ3n) is 4.11. The summed E-state index contributed by atoms with van der Waals surface area (Å²) >= 11 is 1.74. The van der Waals surface area contributed by atoms with E-state index in [-0.39, 0.29) is 4.90 Å². The fourth-order valence-corrected chi connectivity index (χ4v) is 4.91. The quantitative estimate of drug-likeness (QED) is 0.759. The Kier molecular flexibility index (Phi) is 4.05. The molecule has 0 saturated heterocycles. The van der Waals surface area contributed by atoms with Crippen LogP contribution in [0, 0.1) is 6.92 Å². The maximum absolute atomic E-state index is 12.8. The van der Waals surface area contributed by atoms with Gasteiger partial charge in [-0.25, -0.2) is 13.1 Å². The number of hydrogen-bond acceptors (Lipinski definition) is 4. The molecule has 0 radical (unpaired) electrons. The van der Waals surface area contributed by atoms with E-state index in [9.17, 15) is 8.42 Å². The van der Waals surface area contributed by atoms with Gasteiger partial charge in [0.2, 0.25) is 0 Å². The largest absolute Gasteiger partial charge is 0.263 e. The van der Waals surface area contributed by atoms with Crippen LogP contribution < -0.4 is 4.72 Å². The van der Waals surface area contributed by atoms with Crippen LogP contribution in [0.15, 0.2) is 59.5 Å². The molecule has 1 aliphatic heterocycles. The van der Waals surface area contributed by atoms with Crippen molar-refractivity contribution in [3.8, 4) is 5.69 Å². The van der Waals surface area contributed by atoms with E-state index in [0.717, 1.165) is 34.0 Å². The SMILES string of the molecule is Cc1ccc(-n2nc3c(c2NS(=O)(=O)c2ccccc2)CSC3)cc1. The van der Waals surface area contributed by atoms with E-state index in [4.69, 9.17) is 0 Å². The zero-order valence-electron chi connectivity index (χ0n) is 13.6. The number of aryl methyl sites for hydroxylation is 1. The molecule has 1 N–H and O–H groups in total. The van der Waals surface area contributed by atoms with Crippen molar-refractivity contribution < 1.29 is 8.42 Å². The Hall–Kier alpha value is -2.25. The zero-order valence-corrected chi connectivity index (χ0v) is 15.3. The molecule has 7 heteroatoms. The second kappa shape index (κ2) is 6.24. The maximum Gasteiger partial charge on any atom is 0.263 e. The molecule has 128 valence electrons. The second-order valence-electron chi connectivity index (χ2n) is 5.93. The fourth-order valence-electron chi connectivity index (χ4n) is 2.78. The van der Waals surface area contributed by atoms with Gasteiger partial charge in [-0.2, -0.15) is 16.9 Å². The van der Waals surface area contributed by atoms with Crippen molar-refractivity contribution in [2.24, 2.45) is 0 Å². The molecular formula is C18H17N3O2S2. The van der Waals surface area contributed by atoms with Crippen molar-refractivity contribution in [2.75, 3.05) is 4.72 Å². The molecule has 4 rings (SSSR count). The van der Waals surface area contributed by atoms with Crippen molar-refractivity contribution in [1.29, 1.82) is 0 Å². The molecule has 5 nitrogen and oxygen atoms in total. The standard InChI is InChI=1S/C18H17N3O2S2/c1-13-7-9-14(10-8-13)21-18(16-11-24-12-17(16)19-21)20-25(22,23)15-5-3-2-4-6-15/h2-10,20H,11-12H2,1H3. The highest BCUT2D eigenvalue weighted by Crippen LogP contribution is 2.37. The molecule has 0 fully saturated rings. The number of fused-ring (bicyclic) bond motifs is 1. The van der Waals surface area contributed by atoms with Gasteiger partial charge in [0, 0.05) is 17.1 Å². The average molecular weight is 371 g/mol. The van der Waals surface area contributed by atoms with Crippen LogP contribution in [0.3, 0.4) is 0 Å². The number of thioether (sulfide) groups is 1. The number of rotatable bonds is 4. The number of anilines is 1. The van der Waals surface area contributed by atoms with Gasteiger partial charge in [0.25, 0.3) is 10.0 Å². The van der Waals surface area contributed by atoms with Gasteiger partial charge in [0.05, 0.1) is 16.3 Å². The summed E-state index contributed by atoms with van der Waals surface area (Å²) in [5.74, 6) is 2.09. The molecule has 0 atom stereocenters. The molecule has 0 bridgehead atoms. The van der Waals surface area contributed by atoms with Crippen molar-refractivity contribution in [2.45, 2.75) is 23.3 Å². The lowest BCUT2D eigenvalue weighted by Gasteiger charge is -2.12. The summed E-state index contributed by atoms with van der Waals surface area (Å²) in [5.41, 5.74) is 3.89. The lowest BCUT2D eigenvalue weighted by molar-refractivity contribution is 0.600. The van der Waals surface area contributed by atoms with E-state index in [1.807, 2.05) is 31.2 Å². The van der Waals surface area contributed by atoms with Crippen molar-refractivity contribution >= 4 is 27.6 Å². The molecule has 1 aliphatic rings. The topological polar surface area (TPSA) is 64.0 Å². The second-order valence-corrected chi connectivity index (χ2v) is 8.60. The predicted octanol–water partition coefficient (Wildman–Crippen LogP) is 3.73. The zero-order chi connectivity index (χ0) is 17.4. The third kappa shape index (κ3) is 3.05. The summed E-state index contributed by atoms with van der Waals surface area (Å²) in [5, 5.41) is 4.64. The first-order valence-electron chi connectivity index (χ1n) is 7.88. The van der Waals surface area contributed by atoms with E-state index >= 15 is 0 Å². The summed E-state index contributed by atoms with van der Waals surface area (Å²) in [6.45, 7) is 2.02. The number of hydrogen-bond donors (Lipinski definition) is 1. The van der Waals surface area contributed by atoms with Crippen LogP contribution in [0.1, 0.15) is 16.8 Å². The van der Waals surface area contributed by atoms with Gasteiger partial charge >= 0.3 is 0 Å². The Morgan fingerprint density at radius 1 is 1.04 bits per heavy atom. The number of sulfonamides is 1. The van der Waals surface area contributed by atoms with Crippen molar-refractivity contribution in [1.82, 2.24) is 9.78 Å². The Morgan fingerprint density at radius 3 is 2.48 bits per heavy atom. The molecule has 1 aromatic heterocycles. The summed E-state index contributed by atoms with van der Waals surface area (Å²) in [6.07, 6.45) is 0. The Morgan fingerprint density at radius 2 is 1.76 bits per heavy atom. The van der Waals surface area contributed by atoms with Crippen LogP contribution in [0.5, 0.6) is 0 Å². The van der Waals surface area contributed by atoms with Gasteiger partial charge in [-0.1, -0.05) is 35.9 Å². The Labute approximate surface area is 151 Å². The summed E-state index contributed by atoms with van der Waals surface area (Å²) < 4.78 is 30.0. The highest BCUT2D eigenvalue weighted by molar-refractivity contribution is 7.98. The van der Waals surface area contributed by atoms with E-state index in [1.165, 1.54) is 0 Å². The van der Waals surface area contributed by atoms with E-state index in [1.54, 1.807) is 46.8 Å². The lowest BCUT2D eigenvalue weighted by atomic mass is 10.2. The van der Waals surface area contributed by atoms with Gasteiger partial charge < -0.3 is 0 Å². The minimum Gasteiger partial charge on any atom is -0.263 e. The number of nitrogens with zero attached hydrogens (tertiary/aromatic N) is 2. The lowest BCUT2D eigenvalue weighted by Crippen LogP contribution is -2.16. The van der Waals surface area contributed by atoms with Crippen LogP contribution in [0.2, 0.25) is 0 Å². The molecule has 0 saturated carbocycles. The molecule has 0 amide bonds. The smallest absolute Gasteiger partial charge is 0.263 e. The molecular weight excluding hydrogens is 354 g/mol. The average Bonchev–Trinajstić information content (AvgIpc) is 3.19. The molecule has 0 spiro atoms. The summed E-state index contributed by atoms with van der Waals surface area (Å²) in [6, 6.07) is 16.3. The monoisotopic (exact) mass is 371 g/mol. The highest BCUT2D eigenvalue weighted by atomic mass is 32.2. The number of nitrogens with one attached hydrogen (secondary N) is 1. The predicted molar refractivity (Wildman–Crippen MR) is 101 cm³/mol. The number of aromatic nitrogens is 2. The summed E-state index contributed by atoms with van der Waals surface area (Å²) in [4.78, 5) is 0.242. The van der Waals surface area contributed by atoms with Gasteiger partial charge in [-0.15, -0.1) is 0 Å². The van der Waals surface area contributed by atoms with Crippen molar-refractivity contribution in [3.05, 3.63) is 71.4 Å². The van der Waals surface area contributed by atoms with Gasteiger partial charge in [-0.05, 0) is 31.2 Å². The van der Waals surface area contributed by atoms with E-state index in [0.29, 0.717) is 5.82 Å². The molecule has 2 heterocycles. The Bertz CT molecular complexity index is 1010. The highest BCUT2D eigenvalue weighted by Gasteiger charge is 2.27. The Balaban J connectivity index is 1.80. The van der Waals surface area contributed by atoms with Crippen LogP contribution in [0.25, 0.3) is 5.69 Å². The van der Waals surface area contributed by atoms with Gasteiger partial charge in [0.15, 0.2) is 0 Å². The van der Waals surface area contributed by atoms with Gasteiger partial charge in [0.1, 0.15) is 5.82 Å². The fraction of sp³-hybridized carbons (Fsp3) is 0.167.